The molecule has 29 heavy (non-hydrogen) atoms. The second-order valence-electron chi connectivity index (χ2n) is 11.7. The Bertz CT molecular complexity index is 765. The summed E-state index contributed by atoms with van der Waals surface area (Å²) < 4.78 is 0. The van der Waals surface area contributed by atoms with Crippen LogP contribution in [0.3, 0.4) is 0 Å². The van der Waals surface area contributed by atoms with Crippen molar-refractivity contribution in [3.8, 4) is 0 Å². The molecular formula is C28H42O. The Morgan fingerprint density at radius 3 is 2.45 bits per heavy atom. The summed E-state index contributed by atoms with van der Waals surface area (Å²) >= 11 is 0. The average molecular weight is 395 g/mol. The maximum atomic E-state index is 12.0. The van der Waals surface area contributed by atoms with Gasteiger partial charge in [0.25, 0.3) is 0 Å². The van der Waals surface area contributed by atoms with Crippen LogP contribution in [0, 0.1) is 40.4 Å². The molecule has 0 N–H and O–H groups in total. The highest BCUT2D eigenvalue weighted by atomic mass is 16.1. The molecule has 0 aromatic rings. The van der Waals surface area contributed by atoms with Gasteiger partial charge in [-0.2, -0.15) is 0 Å². The molecule has 1 fully saturated rings. The molecule has 0 amide bonds. The molecule has 6 atom stereocenters. The largest absolute Gasteiger partial charge is 0.295 e. The van der Waals surface area contributed by atoms with Crippen molar-refractivity contribution in [1.29, 1.82) is 0 Å². The average Bonchev–Trinajstić information content (AvgIpc) is 3.03. The lowest BCUT2D eigenvalue weighted by molar-refractivity contribution is -0.116. The van der Waals surface area contributed by atoms with Crippen LogP contribution < -0.4 is 0 Å². The van der Waals surface area contributed by atoms with E-state index >= 15 is 0 Å². The molecule has 0 aromatic heterocycles. The first-order valence-corrected chi connectivity index (χ1v) is 12.3. The summed E-state index contributed by atoms with van der Waals surface area (Å²) in [6.45, 7) is 14.7. The zero-order valence-electron chi connectivity index (χ0n) is 19.7. The van der Waals surface area contributed by atoms with Crippen LogP contribution in [-0.4, -0.2) is 5.78 Å². The van der Waals surface area contributed by atoms with E-state index in [0.717, 1.165) is 36.5 Å². The maximum Gasteiger partial charge on any atom is 0.156 e. The first-order chi connectivity index (χ1) is 13.7. The highest BCUT2D eigenvalue weighted by Gasteiger charge is 2.53. The number of rotatable bonds is 5. The van der Waals surface area contributed by atoms with Gasteiger partial charge in [-0.15, -0.1) is 0 Å². The third-order valence-electron chi connectivity index (χ3n) is 9.87. The highest BCUT2D eigenvalue weighted by molar-refractivity contribution is 5.92. The maximum absolute atomic E-state index is 12.0. The second-order valence-corrected chi connectivity index (χ2v) is 11.7. The molecule has 0 radical (unpaired) electrons. The fourth-order valence-corrected chi connectivity index (χ4v) is 7.33. The summed E-state index contributed by atoms with van der Waals surface area (Å²) in [7, 11) is 0. The SMILES string of the molecule is CC(C)[C@H](C)CC[C@@H](C)[C@H]1CCC2=C3C=CC4=CC(=O)CC[C@]4(C)[C@H]3CC[C@@]21C. The normalized spacial score (nSPS) is 38.4. The molecule has 1 nitrogen and oxygen atoms in total. The van der Waals surface area contributed by atoms with Crippen LogP contribution >= 0.6 is 0 Å². The summed E-state index contributed by atoms with van der Waals surface area (Å²) in [5, 5.41) is 0. The Hall–Kier alpha value is -1.11. The molecule has 0 aliphatic heterocycles. The number of ketones is 1. The van der Waals surface area contributed by atoms with Gasteiger partial charge in [-0.05, 0) is 89.7 Å². The molecule has 4 aliphatic carbocycles. The van der Waals surface area contributed by atoms with Gasteiger partial charge in [0.05, 0.1) is 0 Å². The van der Waals surface area contributed by atoms with E-state index in [9.17, 15) is 4.79 Å². The van der Waals surface area contributed by atoms with Crippen molar-refractivity contribution in [2.24, 2.45) is 40.4 Å². The van der Waals surface area contributed by atoms with Gasteiger partial charge in [0.2, 0.25) is 0 Å². The number of carbonyl (C=O) groups excluding carboxylic acids is 1. The zero-order valence-corrected chi connectivity index (χ0v) is 19.7. The van der Waals surface area contributed by atoms with E-state index < -0.39 is 0 Å². The minimum Gasteiger partial charge on any atom is -0.295 e. The van der Waals surface area contributed by atoms with E-state index in [1.165, 1.54) is 44.1 Å². The third kappa shape index (κ3) is 3.41. The van der Waals surface area contributed by atoms with Gasteiger partial charge in [-0.25, -0.2) is 0 Å². The van der Waals surface area contributed by atoms with Gasteiger partial charge in [-0.1, -0.05) is 72.1 Å². The van der Waals surface area contributed by atoms with E-state index in [1.54, 1.807) is 11.1 Å². The molecule has 4 aliphatic rings. The molecule has 1 heteroatoms. The van der Waals surface area contributed by atoms with Gasteiger partial charge < -0.3 is 0 Å². The van der Waals surface area contributed by atoms with Gasteiger partial charge in [0, 0.05) is 6.42 Å². The molecule has 0 bridgehead atoms. The topological polar surface area (TPSA) is 17.1 Å². The Balaban J connectivity index is 1.60. The zero-order chi connectivity index (χ0) is 21.0. The second kappa shape index (κ2) is 7.54. The highest BCUT2D eigenvalue weighted by Crippen LogP contribution is 2.63. The van der Waals surface area contributed by atoms with Crippen LogP contribution in [-0.2, 0) is 4.79 Å². The molecule has 0 saturated heterocycles. The summed E-state index contributed by atoms with van der Waals surface area (Å²) in [4.78, 5) is 12.0. The fourth-order valence-electron chi connectivity index (χ4n) is 7.33. The van der Waals surface area contributed by atoms with Gasteiger partial charge in [0.15, 0.2) is 5.78 Å². The molecule has 0 aromatic carbocycles. The number of hydrogen-bond donors (Lipinski definition) is 0. The number of hydrogen-bond acceptors (Lipinski definition) is 1. The minimum absolute atomic E-state index is 0.183. The van der Waals surface area contributed by atoms with Crippen molar-refractivity contribution in [2.75, 3.05) is 0 Å². The van der Waals surface area contributed by atoms with Crippen LogP contribution in [0.5, 0.6) is 0 Å². The summed E-state index contributed by atoms with van der Waals surface area (Å²) in [5.41, 5.74) is 5.34. The first kappa shape index (κ1) is 21.1. The summed E-state index contributed by atoms with van der Waals surface area (Å²) in [6, 6.07) is 0. The van der Waals surface area contributed by atoms with Crippen LogP contribution in [0.15, 0.2) is 34.9 Å². The number of carbonyl (C=O) groups is 1. The lowest BCUT2D eigenvalue weighted by Crippen LogP contribution is -2.41. The van der Waals surface area contributed by atoms with Gasteiger partial charge in [-0.3, -0.25) is 4.79 Å². The van der Waals surface area contributed by atoms with Gasteiger partial charge in [0.1, 0.15) is 0 Å². The van der Waals surface area contributed by atoms with E-state index in [0.29, 0.717) is 17.1 Å². The fraction of sp³-hybridized carbons (Fsp3) is 0.750. The van der Waals surface area contributed by atoms with Crippen molar-refractivity contribution >= 4 is 5.78 Å². The predicted octanol–water partition coefficient (Wildman–Crippen LogP) is 7.68. The Morgan fingerprint density at radius 1 is 0.966 bits per heavy atom. The van der Waals surface area contributed by atoms with Crippen molar-refractivity contribution in [2.45, 2.75) is 92.9 Å². The van der Waals surface area contributed by atoms with E-state index in [4.69, 9.17) is 0 Å². The van der Waals surface area contributed by atoms with E-state index in [-0.39, 0.29) is 5.41 Å². The van der Waals surface area contributed by atoms with E-state index in [2.05, 4.69) is 53.7 Å². The minimum atomic E-state index is 0.183. The lowest BCUT2D eigenvalue weighted by atomic mass is 9.53. The molecular weight excluding hydrogens is 352 g/mol. The molecule has 0 heterocycles. The molecule has 0 unspecified atom stereocenters. The van der Waals surface area contributed by atoms with Crippen LogP contribution in [0.1, 0.15) is 92.9 Å². The van der Waals surface area contributed by atoms with Crippen molar-refractivity contribution in [3.05, 3.63) is 34.9 Å². The van der Waals surface area contributed by atoms with Crippen molar-refractivity contribution < 1.29 is 4.79 Å². The van der Waals surface area contributed by atoms with E-state index in [1.807, 2.05) is 6.08 Å². The number of fused-ring (bicyclic) bond motifs is 4. The molecule has 4 rings (SSSR count). The molecule has 160 valence electrons. The summed E-state index contributed by atoms with van der Waals surface area (Å²) in [6.07, 6.45) is 16.5. The molecule has 1 saturated carbocycles. The van der Waals surface area contributed by atoms with Crippen LogP contribution in [0.25, 0.3) is 0 Å². The lowest BCUT2D eigenvalue weighted by Gasteiger charge is -2.51. The summed E-state index contributed by atoms with van der Waals surface area (Å²) in [5.74, 6) is 4.25. The standard InChI is InChI=1S/C28H42O/c1-18(2)19(3)7-8-20(4)24-11-12-25-23-10-9-21-17-22(29)13-15-27(21,5)26(23)14-16-28(24,25)6/h9-10,17-20,24,26H,7-8,11-16H2,1-6H3/t19-,20-,24-,26+,27+,28-/m1/s1. The Labute approximate surface area is 179 Å². The van der Waals surface area contributed by atoms with Crippen LogP contribution in [0.2, 0.25) is 0 Å². The monoisotopic (exact) mass is 394 g/mol. The molecule has 0 spiro atoms. The van der Waals surface area contributed by atoms with Crippen molar-refractivity contribution in [3.63, 3.8) is 0 Å². The predicted molar refractivity (Wildman–Crippen MR) is 123 cm³/mol. The Morgan fingerprint density at radius 2 is 1.72 bits per heavy atom. The van der Waals surface area contributed by atoms with Crippen molar-refractivity contribution in [1.82, 2.24) is 0 Å². The Kier molecular flexibility index (Phi) is 5.50. The first-order valence-electron chi connectivity index (χ1n) is 12.3. The third-order valence-corrected chi connectivity index (χ3v) is 9.87. The van der Waals surface area contributed by atoms with Crippen LogP contribution in [0.4, 0.5) is 0 Å². The quantitative estimate of drug-likeness (QED) is 0.467. The number of allylic oxidation sites excluding steroid dienone is 6. The van der Waals surface area contributed by atoms with Gasteiger partial charge >= 0.3 is 0 Å². The smallest absolute Gasteiger partial charge is 0.156 e.